The number of carboxylic acids is 1. The number of nitrogens with one attached hydrogen (secondary N) is 1. The van der Waals surface area contributed by atoms with Crippen LogP contribution in [0.2, 0.25) is 0 Å². The standard InChI is InChI=1S/C16H20N2O4/c1-11(2)7-13(16(20)21)9-18-15(19)10-22-14-5-3-12(8-17)4-6-14/h3-6,11,13H,7,9-10H2,1-2H3,(H,18,19)(H,20,21). The average molecular weight is 304 g/mol. The largest absolute Gasteiger partial charge is 0.484 e. The van der Waals surface area contributed by atoms with Crippen LogP contribution in [0.3, 0.4) is 0 Å². The number of benzene rings is 1. The molecule has 118 valence electrons. The van der Waals surface area contributed by atoms with Crippen LogP contribution in [0.5, 0.6) is 5.75 Å². The predicted octanol–water partition coefficient (Wildman–Crippen LogP) is 1.80. The van der Waals surface area contributed by atoms with Gasteiger partial charge in [0.15, 0.2) is 6.61 Å². The highest BCUT2D eigenvalue weighted by atomic mass is 16.5. The average Bonchev–Trinajstić information content (AvgIpc) is 2.49. The van der Waals surface area contributed by atoms with E-state index in [9.17, 15) is 9.59 Å². The summed E-state index contributed by atoms with van der Waals surface area (Å²) in [6.07, 6.45) is 0.506. The summed E-state index contributed by atoms with van der Waals surface area (Å²) in [4.78, 5) is 22.7. The fraction of sp³-hybridized carbons (Fsp3) is 0.438. The molecule has 6 heteroatoms. The third kappa shape index (κ3) is 6.27. The molecule has 0 heterocycles. The van der Waals surface area contributed by atoms with Crippen molar-refractivity contribution in [3.05, 3.63) is 29.8 Å². The van der Waals surface area contributed by atoms with Crippen molar-refractivity contribution < 1.29 is 19.4 Å². The van der Waals surface area contributed by atoms with Gasteiger partial charge in [0.05, 0.1) is 17.6 Å². The number of carbonyl (C=O) groups excluding carboxylic acids is 1. The molecule has 1 aromatic rings. The topological polar surface area (TPSA) is 99.4 Å². The number of nitriles is 1. The Morgan fingerprint density at radius 2 is 1.95 bits per heavy atom. The molecule has 0 aromatic heterocycles. The lowest BCUT2D eigenvalue weighted by atomic mass is 9.97. The second kappa shape index (κ2) is 8.67. The van der Waals surface area contributed by atoms with Crippen molar-refractivity contribution in [3.8, 4) is 11.8 Å². The minimum atomic E-state index is -0.915. The van der Waals surface area contributed by atoms with E-state index in [0.29, 0.717) is 17.7 Å². The summed E-state index contributed by atoms with van der Waals surface area (Å²) in [7, 11) is 0. The van der Waals surface area contributed by atoms with E-state index in [1.807, 2.05) is 19.9 Å². The molecule has 6 nitrogen and oxygen atoms in total. The molecule has 0 spiro atoms. The van der Waals surface area contributed by atoms with Gasteiger partial charge in [-0.3, -0.25) is 9.59 Å². The molecule has 1 unspecified atom stereocenters. The van der Waals surface area contributed by atoms with Gasteiger partial charge >= 0.3 is 5.97 Å². The van der Waals surface area contributed by atoms with Crippen LogP contribution in [-0.2, 0) is 9.59 Å². The Balaban J connectivity index is 2.39. The van der Waals surface area contributed by atoms with Crippen molar-refractivity contribution in [3.63, 3.8) is 0 Å². The van der Waals surface area contributed by atoms with Crippen molar-refractivity contribution in [2.24, 2.45) is 11.8 Å². The van der Waals surface area contributed by atoms with Crippen LogP contribution in [0, 0.1) is 23.2 Å². The first-order valence-corrected chi connectivity index (χ1v) is 7.04. The van der Waals surface area contributed by atoms with E-state index in [4.69, 9.17) is 15.1 Å². The van der Waals surface area contributed by atoms with Crippen molar-refractivity contribution in [1.29, 1.82) is 5.26 Å². The third-order valence-corrected chi connectivity index (χ3v) is 3.00. The lowest BCUT2D eigenvalue weighted by molar-refractivity contribution is -0.142. The molecule has 0 saturated carbocycles. The molecule has 2 N–H and O–H groups in total. The summed E-state index contributed by atoms with van der Waals surface area (Å²) >= 11 is 0. The minimum absolute atomic E-state index is 0.0864. The Kier molecular flexibility index (Phi) is 6.90. The van der Waals surface area contributed by atoms with E-state index in [0.717, 1.165) is 0 Å². The molecule has 0 fully saturated rings. The molecule has 0 bridgehead atoms. The summed E-state index contributed by atoms with van der Waals surface area (Å²) in [6, 6.07) is 8.38. The number of nitrogens with zero attached hydrogens (tertiary/aromatic N) is 1. The Morgan fingerprint density at radius 1 is 1.32 bits per heavy atom. The Hall–Kier alpha value is -2.55. The SMILES string of the molecule is CC(C)CC(CNC(=O)COc1ccc(C#N)cc1)C(=O)O. The number of hydrogen-bond acceptors (Lipinski definition) is 4. The number of aliphatic carboxylic acids is 1. The second-order valence-corrected chi connectivity index (χ2v) is 5.39. The van der Waals surface area contributed by atoms with Crippen molar-refractivity contribution in [1.82, 2.24) is 5.32 Å². The first kappa shape index (κ1) is 17.5. The van der Waals surface area contributed by atoms with Crippen LogP contribution in [0.1, 0.15) is 25.8 Å². The predicted molar refractivity (Wildman–Crippen MR) is 80.2 cm³/mol. The normalized spacial score (nSPS) is 11.5. The number of ether oxygens (including phenoxy) is 1. The highest BCUT2D eigenvalue weighted by Crippen LogP contribution is 2.12. The van der Waals surface area contributed by atoms with Crippen LogP contribution in [0.15, 0.2) is 24.3 Å². The molecule has 1 amide bonds. The van der Waals surface area contributed by atoms with E-state index in [1.165, 1.54) is 0 Å². The Labute approximate surface area is 129 Å². The van der Waals surface area contributed by atoms with Gasteiger partial charge in [-0.1, -0.05) is 13.8 Å². The first-order chi connectivity index (χ1) is 10.4. The molecule has 1 rings (SSSR count). The number of carboxylic acid groups (broad SMARTS) is 1. The number of carbonyl (C=O) groups is 2. The van der Waals surface area contributed by atoms with Gasteiger partial charge < -0.3 is 15.2 Å². The smallest absolute Gasteiger partial charge is 0.308 e. The molecule has 0 aliphatic carbocycles. The van der Waals surface area contributed by atoms with E-state index in [-0.39, 0.29) is 25.0 Å². The molecule has 0 aliphatic heterocycles. The molecule has 0 saturated heterocycles. The lowest BCUT2D eigenvalue weighted by Crippen LogP contribution is -2.36. The van der Waals surface area contributed by atoms with Crippen molar-refractivity contribution in [2.45, 2.75) is 20.3 Å². The van der Waals surface area contributed by atoms with Crippen LogP contribution in [-0.4, -0.2) is 30.1 Å². The summed E-state index contributed by atoms with van der Waals surface area (Å²) in [6.45, 7) is 3.76. The van der Waals surface area contributed by atoms with Crippen LogP contribution in [0.25, 0.3) is 0 Å². The maximum atomic E-state index is 11.7. The zero-order chi connectivity index (χ0) is 16.5. The molecule has 0 aliphatic rings. The summed E-state index contributed by atoms with van der Waals surface area (Å²) < 4.78 is 5.27. The van der Waals surface area contributed by atoms with Gasteiger partial charge in [-0.25, -0.2) is 0 Å². The second-order valence-electron chi connectivity index (χ2n) is 5.39. The van der Waals surface area contributed by atoms with Gasteiger partial charge in [0.1, 0.15) is 5.75 Å². The Bertz CT molecular complexity index is 546. The van der Waals surface area contributed by atoms with Gasteiger partial charge in [-0.2, -0.15) is 5.26 Å². The number of hydrogen-bond donors (Lipinski definition) is 2. The fourth-order valence-corrected chi connectivity index (χ4v) is 1.90. The molecule has 22 heavy (non-hydrogen) atoms. The zero-order valence-corrected chi connectivity index (χ0v) is 12.7. The molecular weight excluding hydrogens is 284 g/mol. The lowest BCUT2D eigenvalue weighted by Gasteiger charge is -2.15. The van der Waals surface area contributed by atoms with E-state index < -0.39 is 11.9 Å². The van der Waals surface area contributed by atoms with Crippen LogP contribution < -0.4 is 10.1 Å². The van der Waals surface area contributed by atoms with Crippen molar-refractivity contribution >= 4 is 11.9 Å². The zero-order valence-electron chi connectivity index (χ0n) is 12.7. The maximum Gasteiger partial charge on any atom is 0.308 e. The van der Waals surface area contributed by atoms with Gasteiger partial charge in [-0.15, -0.1) is 0 Å². The van der Waals surface area contributed by atoms with E-state index in [2.05, 4.69) is 5.32 Å². The highest BCUT2D eigenvalue weighted by Gasteiger charge is 2.19. The van der Waals surface area contributed by atoms with E-state index >= 15 is 0 Å². The van der Waals surface area contributed by atoms with Crippen LogP contribution >= 0.6 is 0 Å². The van der Waals surface area contributed by atoms with E-state index in [1.54, 1.807) is 24.3 Å². The first-order valence-electron chi connectivity index (χ1n) is 7.04. The summed E-state index contributed by atoms with van der Waals surface area (Å²) in [5.41, 5.74) is 0.509. The minimum Gasteiger partial charge on any atom is -0.484 e. The van der Waals surface area contributed by atoms with Gasteiger partial charge in [-0.05, 0) is 36.6 Å². The van der Waals surface area contributed by atoms with Gasteiger partial charge in [0, 0.05) is 6.54 Å². The molecular formula is C16H20N2O4. The van der Waals surface area contributed by atoms with Crippen molar-refractivity contribution in [2.75, 3.05) is 13.2 Å². The molecule has 1 atom stereocenters. The summed E-state index contributed by atoms with van der Waals surface area (Å²) in [5.74, 6) is -1.17. The number of amides is 1. The molecule has 1 aromatic carbocycles. The third-order valence-electron chi connectivity index (χ3n) is 3.00. The summed E-state index contributed by atoms with van der Waals surface area (Å²) in [5, 5.41) is 20.3. The van der Waals surface area contributed by atoms with Crippen LogP contribution in [0.4, 0.5) is 0 Å². The van der Waals surface area contributed by atoms with Gasteiger partial charge in [0.2, 0.25) is 0 Å². The Morgan fingerprint density at radius 3 is 2.45 bits per heavy atom. The number of rotatable bonds is 8. The monoisotopic (exact) mass is 304 g/mol. The molecule has 0 radical (unpaired) electrons. The van der Waals surface area contributed by atoms with Gasteiger partial charge in [0.25, 0.3) is 5.91 Å². The fourth-order valence-electron chi connectivity index (χ4n) is 1.90. The highest BCUT2D eigenvalue weighted by molar-refractivity contribution is 5.78. The maximum absolute atomic E-state index is 11.7. The quantitative estimate of drug-likeness (QED) is 0.763.